The van der Waals surface area contributed by atoms with Crippen molar-refractivity contribution in [3.63, 3.8) is 0 Å². The average molecular weight is 295 g/mol. The summed E-state index contributed by atoms with van der Waals surface area (Å²) in [5.41, 5.74) is 4.32. The predicted molar refractivity (Wildman–Crippen MR) is 70.3 cm³/mol. The van der Waals surface area contributed by atoms with Crippen LogP contribution in [0.1, 0.15) is 6.42 Å². The molecule has 0 aromatic carbocycles. The molecule has 3 aliphatic heterocycles. The minimum absolute atomic E-state index is 0.420. The number of carbonyl (C=O) groups excluding carboxylic acids is 2. The van der Waals surface area contributed by atoms with Gasteiger partial charge in [-0.25, -0.2) is 0 Å². The fourth-order valence-electron chi connectivity index (χ4n) is 2.88. The maximum absolute atomic E-state index is 12.3. The number of carbonyl (C=O) groups is 2. The molecular weight excluding hydrogens is 278 g/mol. The lowest BCUT2D eigenvalue weighted by Gasteiger charge is -2.47. The number of nitrogens with one attached hydrogen (secondary N) is 1. The second kappa shape index (κ2) is 5.14. The quantitative estimate of drug-likeness (QED) is 0.524. The number of ether oxygens (including phenoxy) is 2. The Balaban J connectivity index is 2.00. The zero-order valence-corrected chi connectivity index (χ0v) is 11.3. The number of rotatable bonds is 1. The average Bonchev–Trinajstić information content (AvgIpc) is 2.64. The minimum Gasteiger partial charge on any atom is -0.473 e. The van der Waals surface area contributed by atoms with E-state index >= 15 is 0 Å². The minimum atomic E-state index is -1.48. The molecule has 1 spiro atoms. The lowest BCUT2D eigenvalue weighted by Crippen LogP contribution is -2.73. The van der Waals surface area contributed by atoms with Gasteiger partial charge in [-0.2, -0.15) is 0 Å². The topological polar surface area (TPSA) is 114 Å². The number of nitrogens with two attached hydrogens (primary N) is 1. The summed E-state index contributed by atoms with van der Waals surface area (Å²) < 4.78 is 10.9. The van der Waals surface area contributed by atoms with E-state index in [1.54, 1.807) is 12.2 Å². The standard InChI is InChI=1S/C13H17N3O5/c14-10(18)8-9(17)11(19)16-4-1-5-21-13(12(16)15-8)2-6-20-7-3-13/h2-3,6-9,12,15,17H,1,4-5H2,(H2,14,18). The molecule has 8 heteroatoms. The van der Waals surface area contributed by atoms with E-state index in [-0.39, 0.29) is 0 Å². The van der Waals surface area contributed by atoms with E-state index in [1.165, 1.54) is 17.4 Å². The number of aliphatic hydroxyl groups excluding tert-OH is 1. The highest BCUT2D eigenvalue weighted by molar-refractivity contribution is 5.92. The molecule has 114 valence electrons. The van der Waals surface area contributed by atoms with Crippen LogP contribution in [0.5, 0.6) is 0 Å². The Morgan fingerprint density at radius 2 is 2.19 bits per heavy atom. The van der Waals surface area contributed by atoms with Crippen LogP contribution in [0.4, 0.5) is 0 Å². The number of primary amides is 1. The SMILES string of the molecule is NC(=O)C1NC2N(CCCOC23C=COC=C3)C(=O)C1O. The van der Waals surface area contributed by atoms with Crippen molar-refractivity contribution in [2.45, 2.75) is 30.3 Å². The van der Waals surface area contributed by atoms with Crippen molar-refractivity contribution >= 4 is 11.8 Å². The number of hydrogen-bond acceptors (Lipinski definition) is 6. The number of amides is 2. The van der Waals surface area contributed by atoms with Gasteiger partial charge in [-0.3, -0.25) is 14.9 Å². The van der Waals surface area contributed by atoms with Crippen LogP contribution in [0.3, 0.4) is 0 Å². The van der Waals surface area contributed by atoms with Crippen molar-refractivity contribution in [1.82, 2.24) is 10.2 Å². The van der Waals surface area contributed by atoms with E-state index in [2.05, 4.69) is 5.32 Å². The number of fused-ring (bicyclic) bond motifs is 2. The summed E-state index contributed by atoms with van der Waals surface area (Å²) in [6, 6.07) is -1.15. The van der Waals surface area contributed by atoms with E-state index in [4.69, 9.17) is 15.2 Å². The molecule has 0 aromatic rings. The van der Waals surface area contributed by atoms with Gasteiger partial charge in [0.05, 0.1) is 19.1 Å². The Morgan fingerprint density at radius 1 is 1.48 bits per heavy atom. The summed E-state index contributed by atoms with van der Waals surface area (Å²) in [7, 11) is 0. The Kier molecular flexibility index (Phi) is 3.44. The highest BCUT2D eigenvalue weighted by Gasteiger charge is 2.52. The van der Waals surface area contributed by atoms with E-state index < -0.39 is 35.7 Å². The second-order valence-electron chi connectivity index (χ2n) is 5.22. The Hall–Kier alpha value is -1.90. The van der Waals surface area contributed by atoms with E-state index in [1.807, 2.05) is 0 Å². The molecule has 4 N–H and O–H groups in total. The summed E-state index contributed by atoms with van der Waals surface area (Å²) in [4.78, 5) is 25.3. The van der Waals surface area contributed by atoms with Crippen molar-refractivity contribution in [2.75, 3.05) is 13.2 Å². The molecule has 2 fully saturated rings. The van der Waals surface area contributed by atoms with Crippen molar-refractivity contribution < 1.29 is 24.2 Å². The molecule has 3 heterocycles. The highest BCUT2D eigenvalue weighted by Crippen LogP contribution is 2.31. The molecule has 0 aliphatic carbocycles. The van der Waals surface area contributed by atoms with Crippen molar-refractivity contribution in [2.24, 2.45) is 5.73 Å². The van der Waals surface area contributed by atoms with Crippen LogP contribution in [-0.4, -0.2) is 58.9 Å². The van der Waals surface area contributed by atoms with Crippen molar-refractivity contribution in [1.29, 1.82) is 0 Å². The van der Waals surface area contributed by atoms with Gasteiger partial charge >= 0.3 is 0 Å². The summed E-state index contributed by atoms with van der Waals surface area (Å²) in [5.74, 6) is -1.31. The molecule has 3 aliphatic rings. The fourth-order valence-corrected chi connectivity index (χ4v) is 2.88. The summed E-state index contributed by atoms with van der Waals surface area (Å²) >= 11 is 0. The third-order valence-electron chi connectivity index (χ3n) is 3.94. The van der Waals surface area contributed by atoms with E-state index in [0.717, 1.165) is 0 Å². The zero-order valence-electron chi connectivity index (χ0n) is 11.3. The maximum Gasteiger partial charge on any atom is 0.254 e. The molecule has 8 nitrogen and oxygen atoms in total. The summed E-state index contributed by atoms with van der Waals surface area (Å²) in [6.45, 7) is 0.858. The van der Waals surface area contributed by atoms with Gasteiger partial charge in [0.1, 0.15) is 17.8 Å². The molecule has 0 bridgehead atoms. The summed E-state index contributed by atoms with van der Waals surface area (Å²) in [5, 5.41) is 12.9. The van der Waals surface area contributed by atoms with E-state index in [0.29, 0.717) is 19.6 Å². The first kappa shape index (κ1) is 14.1. The Bertz CT molecular complexity index is 506. The van der Waals surface area contributed by atoms with Crippen LogP contribution >= 0.6 is 0 Å². The number of aliphatic hydroxyl groups is 1. The molecule has 2 saturated heterocycles. The third-order valence-corrected chi connectivity index (χ3v) is 3.94. The lowest BCUT2D eigenvalue weighted by molar-refractivity contribution is -0.160. The highest BCUT2D eigenvalue weighted by atomic mass is 16.5. The van der Waals surface area contributed by atoms with Crippen LogP contribution in [0.2, 0.25) is 0 Å². The fraction of sp³-hybridized carbons (Fsp3) is 0.538. The second-order valence-corrected chi connectivity index (χ2v) is 5.22. The van der Waals surface area contributed by atoms with Crippen LogP contribution in [0.25, 0.3) is 0 Å². The van der Waals surface area contributed by atoms with Gasteiger partial charge in [-0.1, -0.05) is 0 Å². The molecule has 3 unspecified atom stereocenters. The van der Waals surface area contributed by atoms with Gasteiger partial charge < -0.3 is 25.2 Å². The molecule has 3 rings (SSSR count). The third kappa shape index (κ3) is 2.21. The normalized spacial score (nSPS) is 34.2. The van der Waals surface area contributed by atoms with Crippen LogP contribution in [-0.2, 0) is 19.1 Å². The monoisotopic (exact) mass is 295 g/mol. The van der Waals surface area contributed by atoms with Crippen LogP contribution in [0.15, 0.2) is 24.7 Å². The Labute approximate surface area is 121 Å². The maximum atomic E-state index is 12.3. The van der Waals surface area contributed by atoms with Crippen LogP contribution < -0.4 is 11.1 Å². The van der Waals surface area contributed by atoms with Crippen molar-refractivity contribution in [3.8, 4) is 0 Å². The molecule has 2 amide bonds. The molecular formula is C13H17N3O5. The first-order chi connectivity index (χ1) is 10.1. The predicted octanol–water partition coefficient (Wildman–Crippen LogP) is -1.82. The summed E-state index contributed by atoms with van der Waals surface area (Å²) in [6.07, 6.45) is 4.77. The molecule has 3 atom stereocenters. The zero-order chi connectivity index (χ0) is 15.0. The Morgan fingerprint density at radius 3 is 2.86 bits per heavy atom. The van der Waals surface area contributed by atoms with Gasteiger partial charge in [-0.15, -0.1) is 0 Å². The van der Waals surface area contributed by atoms with Gasteiger partial charge in [0.25, 0.3) is 5.91 Å². The number of nitrogens with zero attached hydrogens (tertiary/aromatic N) is 1. The number of hydrogen-bond donors (Lipinski definition) is 3. The first-order valence-electron chi connectivity index (χ1n) is 6.74. The molecule has 21 heavy (non-hydrogen) atoms. The van der Waals surface area contributed by atoms with Gasteiger partial charge in [-0.05, 0) is 18.6 Å². The lowest BCUT2D eigenvalue weighted by atomic mass is 9.92. The van der Waals surface area contributed by atoms with Crippen molar-refractivity contribution in [3.05, 3.63) is 24.7 Å². The van der Waals surface area contributed by atoms with Gasteiger partial charge in [0, 0.05) is 6.54 Å². The van der Waals surface area contributed by atoms with E-state index in [9.17, 15) is 14.7 Å². The molecule has 0 saturated carbocycles. The largest absolute Gasteiger partial charge is 0.473 e. The first-order valence-corrected chi connectivity index (χ1v) is 6.74. The molecule has 0 radical (unpaired) electrons. The van der Waals surface area contributed by atoms with Gasteiger partial charge in [0.2, 0.25) is 5.91 Å². The van der Waals surface area contributed by atoms with Gasteiger partial charge in [0.15, 0.2) is 6.10 Å². The van der Waals surface area contributed by atoms with Crippen LogP contribution in [0, 0.1) is 0 Å². The smallest absolute Gasteiger partial charge is 0.254 e. The molecule has 0 aromatic heterocycles.